The van der Waals surface area contributed by atoms with Gasteiger partial charge < -0.3 is 15.8 Å². The van der Waals surface area contributed by atoms with Crippen LogP contribution < -0.4 is 15.8 Å². The van der Waals surface area contributed by atoms with E-state index in [1.165, 1.54) is 11.3 Å². The zero-order valence-electron chi connectivity index (χ0n) is 20.6. The Morgan fingerprint density at radius 2 is 1.86 bits per heavy atom. The van der Waals surface area contributed by atoms with E-state index in [0.29, 0.717) is 27.8 Å². The molecule has 0 spiro atoms. The van der Waals surface area contributed by atoms with Crippen LogP contribution in [-0.4, -0.2) is 30.9 Å². The topological polar surface area (TPSA) is 123 Å². The second-order valence-electron chi connectivity index (χ2n) is 8.62. The molecule has 3 aromatic rings. The van der Waals surface area contributed by atoms with Crippen LogP contribution in [0.1, 0.15) is 46.1 Å². The summed E-state index contributed by atoms with van der Waals surface area (Å²) in [5, 5.41) is 3.70. The SMILES string of the molecule is CCOC(=O)c1c(N=C(Nc2ccccc2N)C(I)NS(=O)(=O)c2ccc(C)cc2)sc2c1CCCC2. The van der Waals surface area contributed by atoms with Crippen molar-refractivity contribution in [2.24, 2.45) is 4.99 Å². The number of aliphatic imine (C=N–C) groups is 1. The van der Waals surface area contributed by atoms with E-state index in [1.54, 1.807) is 43.3 Å². The third kappa shape index (κ3) is 6.51. The molecule has 0 bridgehead atoms. The van der Waals surface area contributed by atoms with Crippen LogP contribution in [0.15, 0.2) is 58.4 Å². The Balaban J connectivity index is 1.77. The molecule has 2 aromatic carbocycles. The quantitative estimate of drug-likeness (QED) is 0.0556. The predicted octanol–water partition coefficient (Wildman–Crippen LogP) is 5.58. The fourth-order valence-electron chi connectivity index (χ4n) is 4.03. The number of fused-ring (bicyclic) bond motifs is 1. The molecule has 11 heteroatoms. The highest BCUT2D eigenvalue weighted by Gasteiger charge is 2.28. The number of para-hydroxylation sites is 2. The Morgan fingerprint density at radius 3 is 2.57 bits per heavy atom. The zero-order valence-corrected chi connectivity index (χ0v) is 24.4. The Hall–Kier alpha value is -2.48. The van der Waals surface area contributed by atoms with E-state index in [-0.39, 0.29) is 11.5 Å². The van der Waals surface area contributed by atoms with E-state index in [1.807, 2.05) is 41.6 Å². The number of nitrogens with one attached hydrogen (secondary N) is 2. The smallest absolute Gasteiger partial charge is 0.341 e. The summed E-state index contributed by atoms with van der Waals surface area (Å²) in [7, 11) is -3.85. The second-order valence-corrected chi connectivity index (χ2v) is 12.7. The lowest BCUT2D eigenvalue weighted by Crippen LogP contribution is -2.39. The van der Waals surface area contributed by atoms with Gasteiger partial charge in [-0.1, -0.05) is 52.4 Å². The Kier molecular flexibility index (Phi) is 8.88. The van der Waals surface area contributed by atoms with Gasteiger partial charge in [-0.05, 0) is 69.4 Å². The molecule has 8 nitrogen and oxygen atoms in total. The first-order valence-electron chi connectivity index (χ1n) is 11.9. The maximum Gasteiger partial charge on any atom is 0.341 e. The molecule has 37 heavy (non-hydrogen) atoms. The van der Waals surface area contributed by atoms with Crippen molar-refractivity contribution in [1.29, 1.82) is 0 Å². The maximum atomic E-state index is 13.2. The fourth-order valence-corrected chi connectivity index (χ4v) is 7.60. The maximum absolute atomic E-state index is 13.2. The molecule has 4 N–H and O–H groups in total. The van der Waals surface area contributed by atoms with E-state index in [2.05, 4.69) is 10.0 Å². The van der Waals surface area contributed by atoms with Gasteiger partial charge in [0.25, 0.3) is 0 Å². The van der Waals surface area contributed by atoms with Crippen molar-refractivity contribution in [3.63, 3.8) is 0 Å². The second kappa shape index (κ2) is 11.9. The number of nitrogens with two attached hydrogens (primary N) is 1. The Morgan fingerprint density at radius 1 is 1.16 bits per heavy atom. The molecule has 0 radical (unpaired) electrons. The minimum atomic E-state index is -3.85. The van der Waals surface area contributed by atoms with Crippen LogP contribution in [0.2, 0.25) is 0 Å². The van der Waals surface area contributed by atoms with E-state index in [9.17, 15) is 13.2 Å². The third-order valence-corrected chi connectivity index (χ3v) is 9.86. The number of carbonyl (C=O) groups is 1. The summed E-state index contributed by atoms with van der Waals surface area (Å²) >= 11 is 3.44. The van der Waals surface area contributed by atoms with Crippen molar-refractivity contribution in [3.8, 4) is 0 Å². The number of benzene rings is 2. The molecule has 1 heterocycles. The highest BCUT2D eigenvalue weighted by Crippen LogP contribution is 2.41. The highest BCUT2D eigenvalue weighted by atomic mass is 127. The molecular formula is C26H29IN4O4S2. The molecule has 1 unspecified atom stereocenters. The highest BCUT2D eigenvalue weighted by molar-refractivity contribution is 14.1. The van der Waals surface area contributed by atoms with Gasteiger partial charge in [0.2, 0.25) is 10.0 Å². The number of hydrogen-bond donors (Lipinski definition) is 3. The summed E-state index contributed by atoms with van der Waals surface area (Å²) in [5.41, 5.74) is 9.63. The molecule has 0 saturated heterocycles. The average molecular weight is 653 g/mol. The molecule has 0 aliphatic heterocycles. The molecule has 1 aliphatic rings. The van der Waals surface area contributed by atoms with Gasteiger partial charge in [-0.15, -0.1) is 11.3 Å². The number of rotatable bonds is 8. The van der Waals surface area contributed by atoms with Gasteiger partial charge in [-0.3, -0.25) is 0 Å². The number of nitrogens with zero attached hydrogens (tertiary/aromatic N) is 1. The van der Waals surface area contributed by atoms with Gasteiger partial charge >= 0.3 is 5.97 Å². The number of anilines is 2. The van der Waals surface area contributed by atoms with Crippen molar-refractivity contribution in [2.75, 3.05) is 17.7 Å². The molecule has 4 rings (SSSR count). The number of aryl methyl sites for hydroxylation is 2. The van der Waals surface area contributed by atoms with Gasteiger partial charge in [0.1, 0.15) is 14.9 Å². The lowest BCUT2D eigenvalue weighted by Gasteiger charge is -2.18. The number of hydrogen-bond acceptors (Lipinski definition) is 7. The number of thiophene rings is 1. The summed E-state index contributed by atoms with van der Waals surface area (Å²) in [6, 6.07) is 13.8. The van der Waals surface area contributed by atoms with E-state index < -0.39 is 20.0 Å². The monoisotopic (exact) mass is 652 g/mol. The van der Waals surface area contributed by atoms with Crippen molar-refractivity contribution in [1.82, 2.24) is 4.72 Å². The number of nitrogen functional groups attached to an aromatic ring is 1. The van der Waals surface area contributed by atoms with Crippen LogP contribution in [0.4, 0.5) is 16.4 Å². The first-order chi connectivity index (χ1) is 17.7. The number of esters is 1. The van der Waals surface area contributed by atoms with Crippen LogP contribution in [0.3, 0.4) is 0 Å². The molecule has 1 aliphatic carbocycles. The number of amidine groups is 1. The van der Waals surface area contributed by atoms with Gasteiger partial charge in [-0.25, -0.2) is 18.2 Å². The van der Waals surface area contributed by atoms with E-state index in [4.69, 9.17) is 15.5 Å². The summed E-state index contributed by atoms with van der Waals surface area (Å²) < 4.78 is 33.6. The van der Waals surface area contributed by atoms with Crippen molar-refractivity contribution >= 4 is 72.1 Å². The number of carbonyl (C=O) groups excluding carboxylic acids is 1. The lowest BCUT2D eigenvalue weighted by molar-refractivity contribution is 0.0526. The van der Waals surface area contributed by atoms with Crippen molar-refractivity contribution in [2.45, 2.75) is 48.5 Å². The predicted molar refractivity (Wildman–Crippen MR) is 158 cm³/mol. The van der Waals surface area contributed by atoms with E-state index >= 15 is 0 Å². The Labute approximate surface area is 234 Å². The average Bonchev–Trinajstić information content (AvgIpc) is 3.23. The number of ether oxygens (including phenoxy) is 1. The third-order valence-electron chi connectivity index (χ3n) is 5.91. The van der Waals surface area contributed by atoms with Gasteiger partial charge in [0.15, 0.2) is 0 Å². The normalized spacial score (nSPS) is 14.6. The fraction of sp³-hybridized carbons (Fsp3) is 0.308. The van der Waals surface area contributed by atoms with Crippen LogP contribution >= 0.6 is 33.9 Å². The first-order valence-corrected chi connectivity index (χ1v) is 15.5. The van der Waals surface area contributed by atoms with E-state index in [0.717, 1.165) is 41.7 Å². The number of halogens is 1. The molecule has 1 atom stereocenters. The van der Waals surface area contributed by atoms with Crippen molar-refractivity contribution in [3.05, 3.63) is 70.1 Å². The largest absolute Gasteiger partial charge is 0.462 e. The summed E-state index contributed by atoms with van der Waals surface area (Å²) in [6.07, 6.45) is 3.72. The number of sulfonamides is 1. The van der Waals surface area contributed by atoms with Gasteiger partial charge in [0.05, 0.1) is 28.4 Å². The number of alkyl halides is 1. The van der Waals surface area contributed by atoms with Crippen LogP contribution in [0.5, 0.6) is 0 Å². The molecule has 1 aromatic heterocycles. The van der Waals surface area contributed by atoms with Crippen LogP contribution in [-0.2, 0) is 27.6 Å². The lowest BCUT2D eigenvalue weighted by atomic mass is 9.95. The van der Waals surface area contributed by atoms with Crippen LogP contribution in [0.25, 0.3) is 0 Å². The van der Waals surface area contributed by atoms with Gasteiger partial charge in [-0.2, -0.15) is 4.72 Å². The van der Waals surface area contributed by atoms with Crippen molar-refractivity contribution < 1.29 is 17.9 Å². The summed E-state index contributed by atoms with van der Waals surface area (Å²) in [4.78, 5) is 19.1. The first kappa shape index (κ1) is 27.6. The standard InChI is InChI=1S/C26H29IN4O4S2/c1-3-35-26(32)22-18-8-4-7-11-21(18)36-25(22)30-24(29-20-10-6-5-9-19(20)28)23(27)31-37(33,34)17-14-12-16(2)13-15-17/h5-6,9-10,12-15,23,31H,3-4,7-8,11,28H2,1-2H3,(H,29,30). The zero-order chi connectivity index (χ0) is 26.6. The molecular weight excluding hydrogens is 623 g/mol. The Bertz CT molecular complexity index is 1420. The van der Waals surface area contributed by atoms with Gasteiger partial charge in [0, 0.05) is 4.88 Å². The minimum absolute atomic E-state index is 0.150. The minimum Gasteiger partial charge on any atom is -0.462 e. The molecule has 196 valence electrons. The summed E-state index contributed by atoms with van der Waals surface area (Å²) in [6.45, 7) is 3.92. The van der Waals surface area contributed by atoms with Crippen LogP contribution in [0, 0.1) is 6.92 Å². The molecule has 0 saturated carbocycles. The molecule has 0 amide bonds. The summed E-state index contributed by atoms with van der Waals surface area (Å²) in [5.74, 6) is -0.109. The molecule has 0 fully saturated rings.